The molecular weight excluding hydrogens is 256 g/mol. The second-order valence-corrected chi connectivity index (χ2v) is 5.44. The number of ketones is 1. The molecule has 2 aromatic rings. The van der Waals surface area contributed by atoms with E-state index >= 15 is 0 Å². The molecule has 2 rings (SSSR count). The van der Waals surface area contributed by atoms with Gasteiger partial charge in [0.05, 0.1) is 0 Å². The van der Waals surface area contributed by atoms with Crippen LogP contribution in [0.1, 0.15) is 41.3 Å². The number of hydrogen-bond donors (Lipinski definition) is 0. The van der Waals surface area contributed by atoms with E-state index in [4.69, 9.17) is 11.6 Å². The summed E-state index contributed by atoms with van der Waals surface area (Å²) in [7, 11) is 0. The van der Waals surface area contributed by atoms with Gasteiger partial charge in [0.15, 0.2) is 5.78 Å². The van der Waals surface area contributed by atoms with Crippen LogP contribution >= 0.6 is 11.6 Å². The first kappa shape index (κ1) is 13.8. The smallest absolute Gasteiger partial charge is 0.167 e. The van der Waals surface area contributed by atoms with Gasteiger partial charge in [0.1, 0.15) is 0 Å². The quantitative estimate of drug-likeness (QED) is 0.724. The van der Waals surface area contributed by atoms with Crippen molar-refractivity contribution in [2.45, 2.75) is 26.2 Å². The molecule has 0 saturated carbocycles. The Kier molecular flexibility index (Phi) is 4.39. The average molecular weight is 273 g/mol. The van der Waals surface area contributed by atoms with Crippen LogP contribution in [0.4, 0.5) is 0 Å². The average Bonchev–Trinajstić information content (AvgIpc) is 2.39. The van der Waals surface area contributed by atoms with Crippen molar-refractivity contribution in [2.75, 3.05) is 0 Å². The highest BCUT2D eigenvalue weighted by atomic mass is 35.5. The summed E-state index contributed by atoms with van der Waals surface area (Å²) in [6.45, 7) is 4.32. The second-order valence-electron chi connectivity index (χ2n) is 5.01. The Morgan fingerprint density at radius 1 is 1.11 bits per heavy atom. The van der Waals surface area contributed by atoms with E-state index in [-0.39, 0.29) is 5.78 Å². The minimum atomic E-state index is 0.0970. The van der Waals surface area contributed by atoms with Gasteiger partial charge in [-0.25, -0.2) is 0 Å². The van der Waals surface area contributed by atoms with E-state index in [2.05, 4.69) is 26.0 Å². The van der Waals surface area contributed by atoms with Gasteiger partial charge in [-0.05, 0) is 29.2 Å². The zero-order valence-electron chi connectivity index (χ0n) is 11.2. The first-order chi connectivity index (χ1) is 9.06. The lowest BCUT2D eigenvalue weighted by molar-refractivity contribution is 0.0993. The van der Waals surface area contributed by atoms with Crippen LogP contribution in [-0.4, -0.2) is 5.78 Å². The van der Waals surface area contributed by atoms with E-state index in [0.717, 1.165) is 5.56 Å². The fourth-order valence-corrected chi connectivity index (χ4v) is 2.16. The zero-order valence-corrected chi connectivity index (χ0v) is 11.9. The van der Waals surface area contributed by atoms with E-state index in [1.165, 1.54) is 5.56 Å². The highest BCUT2D eigenvalue weighted by Gasteiger charge is 2.08. The van der Waals surface area contributed by atoms with Crippen LogP contribution in [0.2, 0.25) is 5.02 Å². The Labute approximate surface area is 119 Å². The molecule has 0 aliphatic rings. The molecule has 0 spiro atoms. The molecule has 0 unspecified atom stereocenters. The molecule has 0 atom stereocenters. The summed E-state index contributed by atoms with van der Waals surface area (Å²) >= 11 is 5.90. The van der Waals surface area contributed by atoms with Gasteiger partial charge >= 0.3 is 0 Å². The number of rotatable bonds is 4. The Bertz CT molecular complexity index is 570. The van der Waals surface area contributed by atoms with Crippen molar-refractivity contribution < 1.29 is 4.79 Å². The van der Waals surface area contributed by atoms with Crippen LogP contribution in [0.25, 0.3) is 0 Å². The van der Waals surface area contributed by atoms with Crippen LogP contribution < -0.4 is 0 Å². The Balaban J connectivity index is 2.10. The molecule has 0 saturated heterocycles. The Hall–Kier alpha value is -1.60. The minimum Gasteiger partial charge on any atom is -0.294 e. The number of carbonyl (C=O) groups excluding carboxylic acids is 1. The first-order valence-corrected chi connectivity index (χ1v) is 6.81. The van der Waals surface area contributed by atoms with Crippen LogP contribution in [0.15, 0.2) is 48.5 Å². The monoisotopic (exact) mass is 272 g/mol. The van der Waals surface area contributed by atoms with Crippen molar-refractivity contribution in [3.63, 3.8) is 0 Å². The third kappa shape index (κ3) is 3.68. The van der Waals surface area contributed by atoms with Crippen molar-refractivity contribution in [3.05, 3.63) is 70.2 Å². The van der Waals surface area contributed by atoms with Gasteiger partial charge in [-0.1, -0.05) is 61.8 Å². The molecule has 0 aliphatic heterocycles. The summed E-state index contributed by atoms with van der Waals surface area (Å²) < 4.78 is 0. The van der Waals surface area contributed by atoms with Gasteiger partial charge in [0, 0.05) is 17.0 Å². The number of hydrogen-bond acceptors (Lipinski definition) is 1. The van der Waals surface area contributed by atoms with Crippen molar-refractivity contribution >= 4 is 17.4 Å². The molecule has 2 heteroatoms. The maximum atomic E-state index is 12.1. The molecule has 0 aromatic heterocycles. The molecule has 0 bridgehead atoms. The molecule has 2 aromatic carbocycles. The van der Waals surface area contributed by atoms with Gasteiger partial charge in [-0.3, -0.25) is 4.79 Å². The summed E-state index contributed by atoms with van der Waals surface area (Å²) in [4.78, 5) is 12.1. The Morgan fingerprint density at radius 2 is 1.79 bits per heavy atom. The maximum absolute atomic E-state index is 12.1. The fraction of sp³-hybridized carbons (Fsp3) is 0.235. The Morgan fingerprint density at radius 3 is 2.37 bits per heavy atom. The highest BCUT2D eigenvalue weighted by Crippen LogP contribution is 2.17. The standard InChI is InChI=1S/C17H17ClO/c1-12(2)14-8-6-13(7-9-14)10-17(19)15-4-3-5-16(18)11-15/h3-9,11-12H,10H2,1-2H3. The van der Waals surface area contributed by atoms with Crippen molar-refractivity contribution in [3.8, 4) is 0 Å². The maximum Gasteiger partial charge on any atom is 0.167 e. The largest absolute Gasteiger partial charge is 0.294 e. The van der Waals surface area contributed by atoms with Gasteiger partial charge in [0.2, 0.25) is 0 Å². The molecule has 0 aliphatic carbocycles. The molecule has 0 N–H and O–H groups in total. The molecule has 19 heavy (non-hydrogen) atoms. The SMILES string of the molecule is CC(C)c1ccc(CC(=O)c2cccc(Cl)c2)cc1. The molecule has 98 valence electrons. The predicted molar refractivity (Wildman–Crippen MR) is 80.0 cm³/mol. The van der Waals surface area contributed by atoms with Crippen molar-refractivity contribution in [1.82, 2.24) is 0 Å². The van der Waals surface area contributed by atoms with Crippen LogP contribution in [-0.2, 0) is 6.42 Å². The summed E-state index contributed by atoms with van der Waals surface area (Å²) in [5, 5.41) is 0.598. The number of Topliss-reactive ketones (excluding diaryl/α,β-unsaturated/α-hetero) is 1. The summed E-state index contributed by atoms with van der Waals surface area (Å²) in [6, 6.07) is 15.3. The summed E-state index contributed by atoms with van der Waals surface area (Å²) in [5.41, 5.74) is 2.99. The van der Waals surface area contributed by atoms with Gasteiger partial charge in [-0.2, -0.15) is 0 Å². The summed E-state index contributed by atoms with van der Waals surface area (Å²) in [6.07, 6.45) is 0.415. The molecular formula is C17H17ClO. The number of halogens is 1. The minimum absolute atomic E-state index is 0.0970. The molecule has 0 amide bonds. The van der Waals surface area contributed by atoms with E-state index in [9.17, 15) is 4.79 Å². The molecule has 0 fully saturated rings. The normalized spacial score (nSPS) is 10.7. The van der Waals surface area contributed by atoms with Crippen LogP contribution in [0.3, 0.4) is 0 Å². The third-order valence-corrected chi connectivity index (χ3v) is 3.39. The van der Waals surface area contributed by atoms with Crippen molar-refractivity contribution in [1.29, 1.82) is 0 Å². The van der Waals surface area contributed by atoms with Gasteiger partial charge < -0.3 is 0 Å². The van der Waals surface area contributed by atoms with Crippen LogP contribution in [0, 0.1) is 0 Å². The van der Waals surface area contributed by atoms with Gasteiger partial charge in [-0.15, -0.1) is 0 Å². The molecule has 0 heterocycles. The third-order valence-electron chi connectivity index (χ3n) is 3.16. The number of benzene rings is 2. The lowest BCUT2D eigenvalue weighted by Gasteiger charge is -2.07. The molecule has 1 nitrogen and oxygen atoms in total. The summed E-state index contributed by atoms with van der Waals surface area (Å²) in [5.74, 6) is 0.609. The zero-order chi connectivity index (χ0) is 13.8. The van der Waals surface area contributed by atoms with Crippen LogP contribution in [0.5, 0.6) is 0 Å². The van der Waals surface area contributed by atoms with E-state index in [0.29, 0.717) is 22.9 Å². The van der Waals surface area contributed by atoms with E-state index < -0.39 is 0 Å². The lowest BCUT2D eigenvalue weighted by atomic mass is 9.98. The van der Waals surface area contributed by atoms with E-state index in [1.807, 2.05) is 12.1 Å². The molecule has 0 radical (unpaired) electrons. The number of carbonyl (C=O) groups is 1. The predicted octanol–water partition coefficient (Wildman–Crippen LogP) is 4.89. The topological polar surface area (TPSA) is 17.1 Å². The highest BCUT2D eigenvalue weighted by molar-refractivity contribution is 6.31. The second kappa shape index (κ2) is 6.03. The van der Waals surface area contributed by atoms with E-state index in [1.54, 1.807) is 24.3 Å². The first-order valence-electron chi connectivity index (χ1n) is 6.44. The van der Waals surface area contributed by atoms with Gasteiger partial charge in [0.25, 0.3) is 0 Å². The lowest BCUT2D eigenvalue weighted by Crippen LogP contribution is -2.03. The fourth-order valence-electron chi connectivity index (χ4n) is 1.97. The van der Waals surface area contributed by atoms with Crippen molar-refractivity contribution in [2.24, 2.45) is 0 Å².